The predicted octanol–water partition coefficient (Wildman–Crippen LogP) is 3.14. The minimum atomic E-state index is -0.350. The Balaban J connectivity index is 1.54. The Bertz CT molecular complexity index is 993. The van der Waals surface area contributed by atoms with E-state index in [1.165, 1.54) is 4.90 Å². The van der Waals surface area contributed by atoms with Crippen LogP contribution in [-0.2, 0) is 17.8 Å². The fourth-order valence-electron chi connectivity index (χ4n) is 4.69. The summed E-state index contributed by atoms with van der Waals surface area (Å²) in [6.45, 7) is 3.67. The van der Waals surface area contributed by atoms with E-state index in [0.29, 0.717) is 31.0 Å². The summed E-state index contributed by atoms with van der Waals surface area (Å²) in [6.07, 6.45) is 2.34. The van der Waals surface area contributed by atoms with Gasteiger partial charge in [0.25, 0.3) is 0 Å². The molecule has 0 saturated carbocycles. The highest BCUT2D eigenvalue weighted by molar-refractivity contribution is 6.00. The van der Waals surface area contributed by atoms with E-state index in [2.05, 4.69) is 11.4 Å². The van der Waals surface area contributed by atoms with Gasteiger partial charge in [-0.2, -0.15) is 0 Å². The first-order valence-corrected chi connectivity index (χ1v) is 11.1. The molecule has 0 aromatic heterocycles. The van der Waals surface area contributed by atoms with Gasteiger partial charge in [0.15, 0.2) is 11.5 Å². The van der Waals surface area contributed by atoms with Crippen molar-refractivity contribution in [3.63, 3.8) is 0 Å². The van der Waals surface area contributed by atoms with Crippen LogP contribution in [0.4, 0.5) is 4.79 Å². The number of carbonyl (C=O) groups excluding carboxylic acids is 2. The summed E-state index contributed by atoms with van der Waals surface area (Å²) >= 11 is 0. The summed E-state index contributed by atoms with van der Waals surface area (Å²) in [5, 5.41) is 3.36. The lowest BCUT2D eigenvalue weighted by Gasteiger charge is -2.47. The van der Waals surface area contributed by atoms with Crippen LogP contribution in [0.1, 0.15) is 29.5 Å². The van der Waals surface area contributed by atoms with Gasteiger partial charge in [-0.25, -0.2) is 4.79 Å². The molecule has 2 aromatic rings. The number of piperidine rings is 1. The molecule has 2 aromatic carbocycles. The molecule has 0 radical (unpaired) electrons. The normalized spacial score (nSPS) is 20.8. The van der Waals surface area contributed by atoms with Gasteiger partial charge in [0.1, 0.15) is 6.04 Å². The maximum absolute atomic E-state index is 13.5. The van der Waals surface area contributed by atoms with Crippen molar-refractivity contribution in [1.29, 1.82) is 0 Å². The average Bonchev–Trinajstić information content (AvgIpc) is 2.81. The number of hydrogen-bond donors (Lipinski definition) is 1. The molecular weight excluding hydrogens is 406 g/mol. The third-order valence-electron chi connectivity index (χ3n) is 6.34. The molecule has 1 N–H and O–H groups in total. The minimum absolute atomic E-state index is 0.110. The van der Waals surface area contributed by atoms with Crippen LogP contribution in [0.3, 0.4) is 0 Å². The first-order chi connectivity index (χ1) is 15.5. The number of methoxy groups -OCH3 is 2. The number of aryl methyl sites for hydroxylation is 1. The van der Waals surface area contributed by atoms with E-state index in [-0.39, 0.29) is 24.0 Å². The van der Waals surface area contributed by atoms with E-state index in [1.54, 1.807) is 14.2 Å². The second-order valence-corrected chi connectivity index (χ2v) is 8.47. The highest BCUT2D eigenvalue weighted by Gasteiger charge is 2.46. The van der Waals surface area contributed by atoms with Gasteiger partial charge in [0.05, 0.1) is 20.3 Å². The van der Waals surface area contributed by atoms with Gasteiger partial charge >= 0.3 is 6.03 Å². The van der Waals surface area contributed by atoms with Gasteiger partial charge in [-0.05, 0) is 56.0 Å². The lowest BCUT2D eigenvalue weighted by atomic mass is 9.92. The number of nitrogens with one attached hydrogen (secondary N) is 1. The standard InChI is InChI=1S/C25H31N3O4/c1-17-6-4-7-19(14-17)16-28-20-8-5-12-26-23(20)24(29)27(25(28)30)13-11-18-9-10-21(31-2)22(15-18)32-3/h4,6-7,9-10,14-15,20,23,26H,5,8,11-13,16H2,1-3H3. The minimum Gasteiger partial charge on any atom is -0.493 e. The topological polar surface area (TPSA) is 71.1 Å². The summed E-state index contributed by atoms with van der Waals surface area (Å²) in [5.41, 5.74) is 3.22. The smallest absolute Gasteiger partial charge is 0.327 e. The molecule has 0 spiro atoms. The summed E-state index contributed by atoms with van der Waals surface area (Å²) in [5.74, 6) is 1.16. The van der Waals surface area contributed by atoms with E-state index in [4.69, 9.17) is 9.47 Å². The molecule has 7 nitrogen and oxygen atoms in total. The SMILES string of the molecule is COc1ccc(CCN2C(=O)C3NCCCC3N(Cc3cccc(C)c3)C2=O)cc1OC. The monoisotopic (exact) mass is 437 g/mol. The fraction of sp³-hybridized carbons (Fsp3) is 0.440. The second kappa shape index (κ2) is 9.61. The Hall–Kier alpha value is -3.06. The number of ether oxygens (including phenoxy) is 2. The molecule has 4 rings (SSSR count). The molecule has 2 saturated heterocycles. The zero-order chi connectivity index (χ0) is 22.7. The number of benzene rings is 2. The molecule has 3 amide bonds. The Kier molecular flexibility index (Phi) is 6.65. The highest BCUT2D eigenvalue weighted by Crippen LogP contribution is 2.29. The largest absolute Gasteiger partial charge is 0.493 e. The van der Waals surface area contributed by atoms with E-state index in [0.717, 1.165) is 36.1 Å². The van der Waals surface area contributed by atoms with E-state index >= 15 is 0 Å². The molecule has 2 fully saturated rings. The molecule has 0 aliphatic carbocycles. The van der Waals surface area contributed by atoms with Crippen LogP contribution in [-0.4, -0.2) is 61.1 Å². The van der Waals surface area contributed by atoms with Crippen molar-refractivity contribution in [2.45, 2.75) is 44.8 Å². The molecule has 2 aliphatic rings. The van der Waals surface area contributed by atoms with Crippen molar-refractivity contribution in [1.82, 2.24) is 15.1 Å². The molecule has 2 atom stereocenters. The third kappa shape index (κ3) is 4.43. The number of rotatable bonds is 7. The van der Waals surface area contributed by atoms with Crippen molar-refractivity contribution in [2.24, 2.45) is 0 Å². The maximum atomic E-state index is 13.5. The number of hydrogen-bond acceptors (Lipinski definition) is 5. The molecule has 2 aliphatic heterocycles. The Morgan fingerprint density at radius 1 is 1.03 bits per heavy atom. The van der Waals surface area contributed by atoms with Crippen LogP contribution < -0.4 is 14.8 Å². The Labute approximate surface area is 189 Å². The number of nitrogens with zero attached hydrogens (tertiary/aromatic N) is 2. The van der Waals surface area contributed by atoms with Crippen LogP contribution in [0.2, 0.25) is 0 Å². The number of fused-ring (bicyclic) bond motifs is 1. The number of urea groups is 1. The zero-order valence-corrected chi connectivity index (χ0v) is 19.0. The van der Waals surface area contributed by atoms with Crippen molar-refractivity contribution >= 4 is 11.9 Å². The van der Waals surface area contributed by atoms with Crippen molar-refractivity contribution in [3.8, 4) is 11.5 Å². The Morgan fingerprint density at radius 3 is 2.59 bits per heavy atom. The van der Waals surface area contributed by atoms with Crippen molar-refractivity contribution in [2.75, 3.05) is 27.3 Å². The first kappa shape index (κ1) is 22.1. The number of carbonyl (C=O) groups is 2. The number of imide groups is 1. The van der Waals surface area contributed by atoms with E-state index in [1.807, 2.05) is 48.2 Å². The van der Waals surface area contributed by atoms with Crippen LogP contribution in [0.5, 0.6) is 11.5 Å². The first-order valence-electron chi connectivity index (χ1n) is 11.1. The van der Waals surface area contributed by atoms with Gasteiger partial charge in [0.2, 0.25) is 5.91 Å². The average molecular weight is 438 g/mol. The van der Waals surface area contributed by atoms with Crippen LogP contribution >= 0.6 is 0 Å². The van der Waals surface area contributed by atoms with Gasteiger partial charge in [0, 0.05) is 13.1 Å². The van der Waals surface area contributed by atoms with Gasteiger partial charge in [-0.3, -0.25) is 9.69 Å². The highest BCUT2D eigenvalue weighted by atomic mass is 16.5. The molecule has 2 unspecified atom stereocenters. The maximum Gasteiger partial charge on any atom is 0.327 e. The van der Waals surface area contributed by atoms with Crippen molar-refractivity contribution < 1.29 is 19.1 Å². The molecule has 170 valence electrons. The third-order valence-corrected chi connectivity index (χ3v) is 6.34. The van der Waals surface area contributed by atoms with Crippen LogP contribution in [0.15, 0.2) is 42.5 Å². The van der Waals surface area contributed by atoms with E-state index in [9.17, 15) is 9.59 Å². The quantitative estimate of drug-likeness (QED) is 0.721. The summed E-state index contributed by atoms with van der Waals surface area (Å²) in [4.78, 5) is 30.0. The zero-order valence-electron chi connectivity index (χ0n) is 19.0. The van der Waals surface area contributed by atoms with E-state index < -0.39 is 0 Å². The van der Waals surface area contributed by atoms with Gasteiger partial charge in [-0.15, -0.1) is 0 Å². The molecule has 0 bridgehead atoms. The van der Waals surface area contributed by atoms with Crippen LogP contribution in [0.25, 0.3) is 0 Å². The molecular formula is C25H31N3O4. The second-order valence-electron chi connectivity index (χ2n) is 8.47. The molecule has 7 heteroatoms. The predicted molar refractivity (Wildman–Crippen MR) is 122 cm³/mol. The van der Waals surface area contributed by atoms with Gasteiger partial charge < -0.3 is 19.7 Å². The molecule has 32 heavy (non-hydrogen) atoms. The summed E-state index contributed by atoms with van der Waals surface area (Å²) in [6, 6.07) is 13.2. The lowest BCUT2D eigenvalue weighted by Crippen LogP contribution is -2.69. The molecule has 2 heterocycles. The lowest BCUT2D eigenvalue weighted by molar-refractivity contribution is -0.137. The fourth-order valence-corrected chi connectivity index (χ4v) is 4.69. The summed E-state index contributed by atoms with van der Waals surface area (Å²) < 4.78 is 10.7. The summed E-state index contributed by atoms with van der Waals surface area (Å²) in [7, 11) is 3.19. The number of amides is 3. The Morgan fingerprint density at radius 2 is 1.84 bits per heavy atom. The van der Waals surface area contributed by atoms with Crippen LogP contribution in [0, 0.1) is 6.92 Å². The van der Waals surface area contributed by atoms with Gasteiger partial charge in [-0.1, -0.05) is 35.9 Å². The van der Waals surface area contributed by atoms with Crippen molar-refractivity contribution in [3.05, 3.63) is 59.2 Å².